The van der Waals surface area contributed by atoms with E-state index in [0.717, 1.165) is 26.2 Å². The van der Waals surface area contributed by atoms with Crippen LogP contribution in [0.25, 0.3) is 0 Å². The fourth-order valence-corrected chi connectivity index (χ4v) is 3.86. The largest absolute Gasteiger partial charge is 0.580 e. The number of carbonyl (C=O) groups is 1. The van der Waals surface area contributed by atoms with E-state index in [1.165, 1.54) is 19.3 Å². The molecule has 0 amide bonds. The van der Waals surface area contributed by atoms with Gasteiger partial charge in [-0.05, 0) is 24.2 Å². The smallest absolute Gasteiger partial charge is 0.287 e. The maximum absolute atomic E-state index is 11.5. The second-order valence-corrected chi connectivity index (χ2v) is 9.25. The van der Waals surface area contributed by atoms with E-state index >= 15 is 0 Å². The summed E-state index contributed by atoms with van der Waals surface area (Å²) in [6, 6.07) is 0. The van der Waals surface area contributed by atoms with Crippen molar-refractivity contribution < 1.29 is 19.6 Å². The number of rotatable bonds is 17. The van der Waals surface area contributed by atoms with Crippen LogP contribution in [0.2, 0.25) is 0 Å². The fraction of sp³-hybridized carbons (Fsp3) is 0.950. The van der Waals surface area contributed by atoms with Gasteiger partial charge < -0.3 is 0 Å². The monoisotopic (exact) mass is 431 g/mol. The molecule has 0 fully saturated rings. The number of nitrogens with zero attached hydrogens (tertiary/aromatic N) is 3. The van der Waals surface area contributed by atoms with E-state index in [0.29, 0.717) is 18.3 Å². The molecule has 0 heterocycles. The van der Waals surface area contributed by atoms with Crippen molar-refractivity contribution in [2.24, 2.45) is 17.8 Å². The second kappa shape index (κ2) is 12.5. The average Bonchev–Trinajstić information content (AvgIpc) is 2.61. The van der Waals surface area contributed by atoms with E-state index in [-0.39, 0.29) is 12.3 Å². The first-order valence-corrected chi connectivity index (χ1v) is 10.7. The predicted octanol–water partition coefficient (Wildman–Crippen LogP) is 4.91. The van der Waals surface area contributed by atoms with Gasteiger partial charge in [0.15, 0.2) is 0 Å². The van der Waals surface area contributed by atoms with Gasteiger partial charge in [-0.25, -0.2) is 0 Å². The van der Waals surface area contributed by atoms with Crippen LogP contribution in [0.3, 0.4) is 0 Å². The van der Waals surface area contributed by atoms with Gasteiger partial charge >= 0.3 is 11.2 Å². The molecule has 0 N–H and O–H groups in total. The molecule has 3 unspecified atom stereocenters. The van der Waals surface area contributed by atoms with Crippen LogP contribution in [-0.4, -0.2) is 32.3 Å². The Kier molecular flexibility index (Phi) is 11.6. The average molecular weight is 432 g/mol. The van der Waals surface area contributed by atoms with Crippen LogP contribution in [0.5, 0.6) is 0 Å². The number of hydrogen-bond donors (Lipinski definition) is 0. The molecule has 0 aromatic carbocycles. The lowest BCUT2D eigenvalue weighted by Gasteiger charge is -2.24. The van der Waals surface area contributed by atoms with Gasteiger partial charge in [-0.1, -0.05) is 72.6 Å². The van der Waals surface area contributed by atoms with Gasteiger partial charge in [0.05, 0.1) is 0 Å². The van der Waals surface area contributed by atoms with Gasteiger partial charge in [0.1, 0.15) is 9.85 Å². The lowest BCUT2D eigenvalue weighted by Crippen LogP contribution is -2.67. The van der Waals surface area contributed by atoms with Gasteiger partial charge in [0, 0.05) is 18.3 Å². The normalized spacial score (nSPS) is 15.9. The minimum Gasteiger partial charge on any atom is -0.287 e. The third kappa shape index (κ3) is 7.28. The summed E-state index contributed by atoms with van der Waals surface area (Å²) >= 11 is 0. The third-order valence-electron chi connectivity index (χ3n) is 6.15. The fourth-order valence-electron chi connectivity index (χ4n) is 3.86. The molecule has 0 aromatic heterocycles. The molecule has 0 saturated heterocycles. The SMILES string of the molecule is CC(C)CCCC(C)CCCC(C)CCCC(C)([N+](=O)[O-])C(C=O)([N+](=O)[O-])[N+](=O)[O-]. The highest BCUT2D eigenvalue weighted by molar-refractivity contribution is 5.61. The second-order valence-electron chi connectivity index (χ2n) is 9.25. The summed E-state index contributed by atoms with van der Waals surface area (Å²) in [5.74, 6) is 1.59. The Hall–Kier alpha value is -2.13. The zero-order valence-electron chi connectivity index (χ0n) is 18.9. The number of hydrogen-bond acceptors (Lipinski definition) is 7. The Labute approximate surface area is 178 Å². The van der Waals surface area contributed by atoms with Crippen LogP contribution in [-0.2, 0) is 4.79 Å². The standard InChI is InChI=1S/C20H37N3O7/c1-16(2)9-6-10-17(3)11-7-12-18(4)13-8-14-19(5,21(25)26)20(15-24,22(27)28)23(29)30/h15-18H,6-14H2,1-5H3. The number of nitro groups is 3. The van der Waals surface area contributed by atoms with E-state index in [2.05, 4.69) is 20.8 Å². The van der Waals surface area contributed by atoms with Crippen LogP contribution < -0.4 is 0 Å². The Morgan fingerprint density at radius 1 is 0.733 bits per heavy atom. The van der Waals surface area contributed by atoms with Gasteiger partial charge in [0.2, 0.25) is 0 Å². The zero-order chi connectivity index (χ0) is 23.5. The van der Waals surface area contributed by atoms with Crippen LogP contribution in [0.1, 0.15) is 92.4 Å². The molecule has 10 nitrogen and oxygen atoms in total. The van der Waals surface area contributed by atoms with E-state index in [9.17, 15) is 35.1 Å². The molecule has 3 atom stereocenters. The summed E-state index contributed by atoms with van der Waals surface area (Å²) in [4.78, 5) is 41.4. The summed E-state index contributed by atoms with van der Waals surface area (Å²) in [6.45, 7) is 9.48. The van der Waals surface area contributed by atoms with Gasteiger partial charge in [-0.2, -0.15) is 0 Å². The summed E-state index contributed by atoms with van der Waals surface area (Å²) in [7, 11) is 0. The number of carbonyl (C=O) groups excluding carboxylic acids is 1. The van der Waals surface area contributed by atoms with Crippen molar-refractivity contribution in [2.45, 2.75) is 104 Å². The van der Waals surface area contributed by atoms with E-state index in [1.54, 1.807) is 0 Å². The molecule has 0 radical (unpaired) electrons. The summed E-state index contributed by atoms with van der Waals surface area (Å²) in [6.07, 6.45) is 6.51. The first-order chi connectivity index (χ1) is 13.8. The van der Waals surface area contributed by atoms with Crippen molar-refractivity contribution in [1.29, 1.82) is 0 Å². The molecular weight excluding hydrogens is 394 g/mol. The highest BCUT2D eigenvalue weighted by Gasteiger charge is 2.79. The zero-order valence-corrected chi connectivity index (χ0v) is 18.9. The quantitative estimate of drug-likeness (QED) is 0.137. The minimum absolute atomic E-state index is 0.194. The Morgan fingerprint density at radius 3 is 1.47 bits per heavy atom. The van der Waals surface area contributed by atoms with Crippen molar-refractivity contribution in [3.63, 3.8) is 0 Å². The van der Waals surface area contributed by atoms with Crippen molar-refractivity contribution in [2.75, 3.05) is 0 Å². The summed E-state index contributed by atoms with van der Waals surface area (Å²) in [5.41, 5.74) is -6.11. The molecule has 0 aliphatic rings. The highest BCUT2D eigenvalue weighted by Crippen LogP contribution is 2.34. The highest BCUT2D eigenvalue weighted by atomic mass is 16.7. The third-order valence-corrected chi connectivity index (χ3v) is 6.15. The van der Waals surface area contributed by atoms with Gasteiger partial charge in [-0.15, -0.1) is 0 Å². The first-order valence-electron chi connectivity index (χ1n) is 10.7. The molecule has 0 aliphatic carbocycles. The molecule has 0 bridgehead atoms. The van der Waals surface area contributed by atoms with Crippen LogP contribution >= 0.6 is 0 Å². The lowest BCUT2D eigenvalue weighted by atomic mass is 9.81. The Morgan fingerprint density at radius 2 is 1.13 bits per heavy atom. The predicted molar refractivity (Wildman–Crippen MR) is 113 cm³/mol. The Bertz CT molecular complexity index is 583. The maximum Gasteiger partial charge on any atom is 0.580 e. The molecule has 30 heavy (non-hydrogen) atoms. The Balaban J connectivity index is 4.70. The summed E-state index contributed by atoms with van der Waals surface area (Å²) < 4.78 is 0. The van der Waals surface area contributed by atoms with Crippen LogP contribution in [0, 0.1) is 48.1 Å². The van der Waals surface area contributed by atoms with Crippen LogP contribution in [0.4, 0.5) is 0 Å². The molecular formula is C20H37N3O7. The van der Waals surface area contributed by atoms with E-state index < -0.39 is 38.7 Å². The van der Waals surface area contributed by atoms with Crippen molar-refractivity contribution >= 4 is 6.29 Å². The molecule has 0 rings (SSSR count). The van der Waals surface area contributed by atoms with Crippen molar-refractivity contribution in [3.8, 4) is 0 Å². The van der Waals surface area contributed by atoms with Gasteiger partial charge in [-0.3, -0.25) is 35.1 Å². The van der Waals surface area contributed by atoms with Gasteiger partial charge in [0.25, 0.3) is 6.29 Å². The molecule has 0 aliphatic heterocycles. The van der Waals surface area contributed by atoms with E-state index in [1.807, 2.05) is 6.92 Å². The first kappa shape index (κ1) is 27.9. The molecule has 10 heteroatoms. The molecule has 174 valence electrons. The maximum atomic E-state index is 11.5. The van der Waals surface area contributed by atoms with Crippen molar-refractivity contribution in [3.05, 3.63) is 30.3 Å². The summed E-state index contributed by atoms with van der Waals surface area (Å²) in [5, 5.41) is 34.1. The topological polar surface area (TPSA) is 146 Å². The lowest BCUT2D eigenvalue weighted by molar-refractivity contribution is -0.829. The molecule has 0 spiro atoms. The van der Waals surface area contributed by atoms with Crippen molar-refractivity contribution in [1.82, 2.24) is 0 Å². The van der Waals surface area contributed by atoms with Crippen LogP contribution in [0.15, 0.2) is 0 Å². The minimum atomic E-state index is -3.49. The van der Waals surface area contributed by atoms with E-state index in [4.69, 9.17) is 0 Å². The molecule has 0 saturated carbocycles. The molecule has 0 aromatic rings. The number of aldehydes is 1.